The van der Waals surface area contributed by atoms with E-state index in [2.05, 4.69) is 10.3 Å². The quantitative estimate of drug-likeness (QED) is 0.649. The van der Waals surface area contributed by atoms with E-state index >= 15 is 0 Å². The minimum absolute atomic E-state index is 0.328. The van der Waals surface area contributed by atoms with Crippen molar-refractivity contribution in [3.63, 3.8) is 0 Å². The number of hydrogen-bond acceptors (Lipinski definition) is 5. The Balaban J connectivity index is 1.98. The molecule has 0 aliphatic carbocycles. The molecule has 3 aromatic rings. The lowest BCUT2D eigenvalue weighted by atomic mass is 10.2. The average Bonchev–Trinajstić information content (AvgIpc) is 2.51. The molecule has 1 aromatic heterocycles. The van der Waals surface area contributed by atoms with E-state index in [9.17, 15) is 9.59 Å². The van der Waals surface area contributed by atoms with Crippen molar-refractivity contribution in [1.82, 2.24) is 15.2 Å². The van der Waals surface area contributed by atoms with Crippen LogP contribution in [0.1, 0.15) is 10.4 Å². The molecule has 0 spiro atoms. The smallest absolute Gasteiger partial charge is 0.309 e. The summed E-state index contributed by atoms with van der Waals surface area (Å²) in [6.07, 6.45) is 0. The van der Waals surface area contributed by atoms with Crippen LogP contribution in [0.15, 0.2) is 59.4 Å². The Morgan fingerprint density at radius 1 is 1.00 bits per heavy atom. The Labute approximate surface area is 113 Å². The molecule has 0 atom stereocenters. The van der Waals surface area contributed by atoms with Crippen LogP contribution >= 0.6 is 0 Å². The number of rotatable bonds is 2. The van der Waals surface area contributed by atoms with Crippen LogP contribution in [0.25, 0.3) is 10.9 Å². The van der Waals surface area contributed by atoms with Crippen molar-refractivity contribution in [2.24, 2.45) is 0 Å². The third-order valence-corrected chi connectivity index (χ3v) is 2.72. The highest BCUT2D eigenvalue weighted by molar-refractivity contribution is 5.89. The SMILES string of the molecule is O=C(On1nnc2ccccc2c1=O)c1ccccc1. The molecule has 0 aliphatic rings. The van der Waals surface area contributed by atoms with Crippen molar-refractivity contribution in [2.45, 2.75) is 0 Å². The van der Waals surface area contributed by atoms with Gasteiger partial charge in [0.2, 0.25) is 0 Å². The van der Waals surface area contributed by atoms with Gasteiger partial charge in [0.25, 0.3) is 0 Å². The molecule has 0 aliphatic heterocycles. The van der Waals surface area contributed by atoms with E-state index < -0.39 is 11.5 Å². The Morgan fingerprint density at radius 3 is 2.50 bits per heavy atom. The lowest BCUT2D eigenvalue weighted by Gasteiger charge is -2.04. The van der Waals surface area contributed by atoms with Gasteiger partial charge in [0.1, 0.15) is 5.52 Å². The Morgan fingerprint density at radius 2 is 1.70 bits per heavy atom. The molecule has 0 amide bonds. The second kappa shape index (κ2) is 4.93. The number of carbonyl (C=O) groups is 1. The highest BCUT2D eigenvalue weighted by atomic mass is 16.7. The standard InChI is InChI=1S/C14H9N3O3/c18-13-11-8-4-5-9-12(11)15-16-17(13)20-14(19)10-6-2-1-3-7-10/h1-9H. The lowest BCUT2D eigenvalue weighted by molar-refractivity contribution is 0.0350. The number of hydrogen-bond donors (Lipinski definition) is 0. The van der Waals surface area contributed by atoms with Gasteiger partial charge in [-0.2, -0.15) is 0 Å². The molecule has 0 saturated heterocycles. The highest BCUT2D eigenvalue weighted by Gasteiger charge is 2.12. The average molecular weight is 267 g/mol. The van der Waals surface area contributed by atoms with E-state index in [1.165, 1.54) is 0 Å². The van der Waals surface area contributed by atoms with E-state index in [0.717, 1.165) is 0 Å². The van der Waals surface area contributed by atoms with Crippen LogP contribution in [0.4, 0.5) is 0 Å². The normalized spacial score (nSPS) is 10.4. The van der Waals surface area contributed by atoms with Crippen LogP contribution in [0.5, 0.6) is 0 Å². The van der Waals surface area contributed by atoms with Gasteiger partial charge >= 0.3 is 11.5 Å². The first-order chi connectivity index (χ1) is 9.75. The maximum absolute atomic E-state index is 12.1. The molecule has 20 heavy (non-hydrogen) atoms. The number of benzene rings is 2. The third kappa shape index (κ3) is 2.14. The molecular weight excluding hydrogens is 258 g/mol. The molecule has 6 nitrogen and oxygen atoms in total. The summed E-state index contributed by atoms with van der Waals surface area (Å²) >= 11 is 0. The fourth-order valence-electron chi connectivity index (χ4n) is 1.74. The van der Waals surface area contributed by atoms with Gasteiger partial charge in [-0.25, -0.2) is 4.79 Å². The predicted molar refractivity (Wildman–Crippen MR) is 71.2 cm³/mol. The molecular formula is C14H9N3O3. The summed E-state index contributed by atoms with van der Waals surface area (Å²) in [5, 5.41) is 7.74. The summed E-state index contributed by atoms with van der Waals surface area (Å²) in [5.74, 6) is -0.669. The van der Waals surface area contributed by atoms with Crippen molar-refractivity contribution in [2.75, 3.05) is 0 Å². The van der Waals surface area contributed by atoms with Gasteiger partial charge in [0.15, 0.2) is 0 Å². The largest absolute Gasteiger partial charge is 0.365 e. The van der Waals surface area contributed by atoms with E-state index in [4.69, 9.17) is 4.84 Å². The van der Waals surface area contributed by atoms with Crippen molar-refractivity contribution in [1.29, 1.82) is 0 Å². The summed E-state index contributed by atoms with van der Waals surface area (Å²) in [7, 11) is 0. The summed E-state index contributed by atoms with van der Waals surface area (Å²) < 4.78 is 0. The Hall–Kier alpha value is -3.02. The van der Waals surface area contributed by atoms with Gasteiger partial charge < -0.3 is 4.84 Å². The van der Waals surface area contributed by atoms with Crippen molar-refractivity contribution in [3.8, 4) is 0 Å². The van der Waals surface area contributed by atoms with Crippen LogP contribution in [-0.4, -0.2) is 21.1 Å². The maximum atomic E-state index is 12.1. The molecule has 98 valence electrons. The zero-order valence-corrected chi connectivity index (χ0v) is 10.3. The Kier molecular flexibility index (Phi) is 2.96. The van der Waals surface area contributed by atoms with Gasteiger partial charge in [-0.3, -0.25) is 4.79 Å². The second-order valence-electron chi connectivity index (χ2n) is 4.03. The first kappa shape index (κ1) is 12.0. The molecule has 1 heterocycles. The van der Waals surface area contributed by atoms with Gasteiger partial charge in [0, 0.05) is 0 Å². The monoisotopic (exact) mass is 267 g/mol. The van der Waals surface area contributed by atoms with Crippen LogP contribution in [-0.2, 0) is 0 Å². The molecule has 0 bridgehead atoms. The topological polar surface area (TPSA) is 74.1 Å². The van der Waals surface area contributed by atoms with E-state index in [0.29, 0.717) is 21.3 Å². The minimum Gasteiger partial charge on any atom is -0.309 e. The van der Waals surface area contributed by atoms with Gasteiger partial charge in [-0.1, -0.05) is 30.3 Å². The molecule has 0 radical (unpaired) electrons. The molecule has 6 heteroatoms. The Bertz CT molecular complexity index is 828. The first-order valence-electron chi connectivity index (χ1n) is 5.88. The van der Waals surface area contributed by atoms with Gasteiger partial charge in [0.05, 0.1) is 10.9 Å². The fraction of sp³-hybridized carbons (Fsp3) is 0. The summed E-state index contributed by atoms with van der Waals surface area (Å²) in [6, 6.07) is 15.1. The number of carbonyl (C=O) groups excluding carboxylic acids is 1. The molecule has 3 rings (SSSR count). The zero-order chi connectivity index (χ0) is 13.9. The van der Waals surface area contributed by atoms with E-state index in [1.807, 2.05) is 0 Å². The van der Waals surface area contributed by atoms with Crippen molar-refractivity contribution in [3.05, 3.63) is 70.5 Å². The summed E-state index contributed by atoms with van der Waals surface area (Å²) in [5.41, 5.74) is 0.249. The minimum atomic E-state index is -0.669. The number of nitrogens with zero attached hydrogens (tertiary/aromatic N) is 3. The summed E-state index contributed by atoms with van der Waals surface area (Å²) in [6.45, 7) is 0. The molecule has 0 N–H and O–H groups in total. The van der Waals surface area contributed by atoms with Crippen molar-refractivity contribution >= 4 is 16.9 Å². The van der Waals surface area contributed by atoms with Crippen LogP contribution in [0.3, 0.4) is 0 Å². The van der Waals surface area contributed by atoms with E-state index in [1.54, 1.807) is 54.6 Å². The van der Waals surface area contributed by atoms with Crippen LogP contribution in [0, 0.1) is 0 Å². The van der Waals surface area contributed by atoms with Gasteiger partial charge in [-0.05, 0) is 34.3 Å². The number of aromatic nitrogens is 3. The lowest BCUT2D eigenvalue weighted by Crippen LogP contribution is -2.33. The second-order valence-corrected chi connectivity index (χ2v) is 4.03. The molecule has 0 saturated carbocycles. The first-order valence-corrected chi connectivity index (χ1v) is 5.88. The predicted octanol–water partition coefficient (Wildman–Crippen LogP) is 1.06. The fourth-order valence-corrected chi connectivity index (χ4v) is 1.74. The molecule has 0 fully saturated rings. The maximum Gasteiger partial charge on any atom is 0.365 e. The van der Waals surface area contributed by atoms with Crippen LogP contribution in [0.2, 0.25) is 0 Å². The van der Waals surface area contributed by atoms with Crippen LogP contribution < -0.4 is 10.4 Å². The van der Waals surface area contributed by atoms with E-state index in [-0.39, 0.29) is 0 Å². The zero-order valence-electron chi connectivity index (χ0n) is 10.3. The third-order valence-electron chi connectivity index (χ3n) is 2.72. The highest BCUT2D eigenvalue weighted by Crippen LogP contribution is 2.03. The summed E-state index contributed by atoms with van der Waals surface area (Å²) in [4.78, 5) is 29.5. The molecule has 0 unspecified atom stereocenters. The molecule has 2 aromatic carbocycles. The van der Waals surface area contributed by atoms with Crippen molar-refractivity contribution < 1.29 is 9.63 Å². The number of fused-ring (bicyclic) bond motifs is 1. The van der Waals surface area contributed by atoms with Gasteiger partial charge in [-0.15, -0.1) is 5.10 Å².